The third kappa shape index (κ3) is 4.66. The number of hydrogen-bond donors (Lipinski definition) is 1. The van der Waals surface area contributed by atoms with Crippen molar-refractivity contribution in [3.8, 4) is 5.75 Å². The molecule has 2 aromatic rings. The highest BCUT2D eigenvalue weighted by Gasteiger charge is 2.53. The van der Waals surface area contributed by atoms with E-state index in [1.165, 1.54) is 18.4 Å². The van der Waals surface area contributed by atoms with E-state index in [0.29, 0.717) is 10.6 Å². The maximum absolute atomic E-state index is 13.0. The van der Waals surface area contributed by atoms with Gasteiger partial charge in [0.15, 0.2) is 0 Å². The third-order valence-corrected chi connectivity index (χ3v) is 7.28. The first-order chi connectivity index (χ1) is 14.3. The second-order valence-electron chi connectivity index (χ2n) is 7.00. The minimum absolute atomic E-state index is 0.0523. The number of methoxy groups -OCH3 is 2. The van der Waals surface area contributed by atoms with Crippen molar-refractivity contribution in [1.82, 2.24) is 9.62 Å². The Morgan fingerprint density at radius 1 is 1.20 bits per heavy atom. The topological polar surface area (TPSA) is 102 Å². The summed E-state index contributed by atoms with van der Waals surface area (Å²) in [6, 6.07) is 8.95. The van der Waals surface area contributed by atoms with E-state index in [2.05, 4.69) is 5.32 Å². The summed E-state index contributed by atoms with van der Waals surface area (Å²) in [6.07, 6.45) is 1.10. The van der Waals surface area contributed by atoms with Gasteiger partial charge in [0, 0.05) is 11.4 Å². The highest BCUT2D eigenvalue weighted by Crippen LogP contribution is 2.44. The fraction of sp³-hybridized carbons (Fsp3) is 0.400. The van der Waals surface area contributed by atoms with Gasteiger partial charge in [0.05, 0.1) is 32.4 Å². The fourth-order valence-electron chi connectivity index (χ4n) is 3.71. The van der Waals surface area contributed by atoms with Crippen molar-refractivity contribution in [2.75, 3.05) is 20.5 Å². The van der Waals surface area contributed by atoms with Crippen LogP contribution in [0.2, 0.25) is 0 Å². The molecule has 3 unspecified atom stereocenters. The molecule has 1 aromatic heterocycles. The molecule has 1 amide bonds. The van der Waals surface area contributed by atoms with E-state index in [0.717, 1.165) is 16.1 Å². The zero-order valence-corrected chi connectivity index (χ0v) is 18.5. The van der Waals surface area contributed by atoms with Gasteiger partial charge in [-0.2, -0.15) is 4.31 Å². The number of nitrogens with one attached hydrogen (secondary N) is 1. The van der Waals surface area contributed by atoms with Crippen LogP contribution in [0.3, 0.4) is 0 Å². The van der Waals surface area contributed by atoms with E-state index < -0.39 is 39.9 Å². The molecule has 1 aliphatic heterocycles. The summed E-state index contributed by atoms with van der Waals surface area (Å²) in [5.41, 5.74) is 0.840. The predicted octanol–water partition coefficient (Wildman–Crippen LogP) is 1.94. The molecular formula is C20H24N2O6S2. The number of amides is 1. The molecule has 8 nitrogen and oxygen atoms in total. The number of carbonyl (C=O) groups is 2. The van der Waals surface area contributed by atoms with Gasteiger partial charge in [-0.05, 0) is 35.6 Å². The van der Waals surface area contributed by atoms with Gasteiger partial charge in [-0.1, -0.05) is 18.2 Å². The maximum atomic E-state index is 13.0. The first kappa shape index (κ1) is 22.3. The number of thiophene rings is 1. The lowest BCUT2D eigenvalue weighted by Crippen LogP contribution is -2.46. The van der Waals surface area contributed by atoms with Gasteiger partial charge in [-0.15, -0.1) is 11.3 Å². The minimum atomic E-state index is -3.78. The molecule has 0 bridgehead atoms. The number of ether oxygens (including phenoxy) is 2. The average molecular weight is 453 g/mol. The summed E-state index contributed by atoms with van der Waals surface area (Å²) in [4.78, 5) is 26.1. The van der Waals surface area contributed by atoms with Crippen molar-refractivity contribution < 1.29 is 27.5 Å². The van der Waals surface area contributed by atoms with E-state index in [1.54, 1.807) is 36.8 Å². The Bertz CT molecular complexity index is 989. The normalized spacial score (nSPS) is 21.9. The van der Waals surface area contributed by atoms with Crippen LogP contribution in [0.25, 0.3) is 0 Å². The molecule has 1 fully saturated rings. The molecule has 0 saturated carbocycles. The van der Waals surface area contributed by atoms with E-state index in [-0.39, 0.29) is 13.0 Å². The molecule has 1 aliphatic rings. The van der Waals surface area contributed by atoms with Crippen LogP contribution < -0.4 is 10.1 Å². The zero-order valence-electron chi connectivity index (χ0n) is 16.9. The quantitative estimate of drug-likeness (QED) is 0.644. The summed E-state index contributed by atoms with van der Waals surface area (Å²) in [5, 5.41) is 4.60. The van der Waals surface area contributed by atoms with Crippen molar-refractivity contribution >= 4 is 33.2 Å². The molecule has 0 radical (unpaired) electrons. The summed E-state index contributed by atoms with van der Waals surface area (Å²) < 4.78 is 36.4. The molecule has 0 spiro atoms. The first-order valence-corrected chi connectivity index (χ1v) is 12.0. The van der Waals surface area contributed by atoms with E-state index in [9.17, 15) is 18.0 Å². The molecule has 1 N–H and O–H groups in total. The molecule has 3 atom stereocenters. The van der Waals surface area contributed by atoms with Crippen molar-refractivity contribution in [3.63, 3.8) is 0 Å². The fourth-order valence-corrected chi connectivity index (χ4v) is 5.99. The Balaban J connectivity index is 1.85. The number of carbonyl (C=O) groups excluding carboxylic acids is 2. The van der Waals surface area contributed by atoms with Crippen molar-refractivity contribution in [2.24, 2.45) is 5.92 Å². The number of hydrogen-bond acceptors (Lipinski definition) is 7. The van der Waals surface area contributed by atoms with Crippen LogP contribution in [0.4, 0.5) is 0 Å². The Morgan fingerprint density at radius 2 is 1.90 bits per heavy atom. The van der Waals surface area contributed by atoms with Gasteiger partial charge in [0.25, 0.3) is 0 Å². The van der Waals surface area contributed by atoms with Crippen molar-refractivity contribution in [2.45, 2.75) is 25.0 Å². The van der Waals surface area contributed by atoms with E-state index >= 15 is 0 Å². The summed E-state index contributed by atoms with van der Waals surface area (Å²) in [7, 11) is -0.956. The van der Waals surface area contributed by atoms with Crippen LogP contribution in [0, 0.1) is 5.92 Å². The van der Waals surface area contributed by atoms with E-state index in [4.69, 9.17) is 9.47 Å². The van der Waals surface area contributed by atoms with Crippen molar-refractivity contribution in [3.05, 3.63) is 52.2 Å². The van der Waals surface area contributed by atoms with Gasteiger partial charge >= 0.3 is 5.97 Å². The van der Waals surface area contributed by atoms with Crippen LogP contribution in [0.1, 0.15) is 22.9 Å². The van der Waals surface area contributed by atoms with Gasteiger partial charge in [-0.3, -0.25) is 9.59 Å². The van der Waals surface area contributed by atoms with Crippen LogP contribution >= 0.6 is 11.3 Å². The Labute approximate surface area is 179 Å². The third-order valence-electron chi connectivity index (χ3n) is 5.09. The molecule has 30 heavy (non-hydrogen) atoms. The van der Waals surface area contributed by atoms with Crippen LogP contribution in [0.5, 0.6) is 5.75 Å². The lowest BCUT2D eigenvalue weighted by Gasteiger charge is -2.27. The summed E-state index contributed by atoms with van der Waals surface area (Å²) >= 11 is 1.34. The first-order valence-electron chi connectivity index (χ1n) is 9.26. The molecule has 162 valence electrons. The second-order valence-corrected chi connectivity index (χ2v) is 9.87. The van der Waals surface area contributed by atoms with E-state index in [1.807, 2.05) is 12.1 Å². The van der Waals surface area contributed by atoms with Gasteiger partial charge in [0.1, 0.15) is 11.8 Å². The smallest absolute Gasteiger partial charge is 0.310 e. The molecule has 1 saturated heterocycles. The monoisotopic (exact) mass is 452 g/mol. The molecular weight excluding hydrogens is 428 g/mol. The SMILES string of the molecule is COC(=O)C1CC(C(=O)NCc2ccc(OC)cc2)N(S(C)(=O)=O)C1c1cccs1. The zero-order chi connectivity index (χ0) is 21.9. The molecule has 2 heterocycles. The lowest BCUT2D eigenvalue weighted by atomic mass is 9.98. The number of nitrogens with zero attached hydrogens (tertiary/aromatic N) is 1. The Kier molecular flexibility index (Phi) is 6.79. The molecule has 10 heteroatoms. The Hall–Kier alpha value is -2.43. The number of rotatable bonds is 7. The van der Waals surface area contributed by atoms with Crippen LogP contribution in [-0.4, -0.2) is 51.1 Å². The number of sulfonamides is 1. The number of esters is 1. The van der Waals surface area contributed by atoms with Gasteiger partial charge in [0.2, 0.25) is 15.9 Å². The number of benzene rings is 1. The molecule has 0 aliphatic carbocycles. The highest BCUT2D eigenvalue weighted by atomic mass is 32.2. The maximum Gasteiger partial charge on any atom is 0.310 e. The Morgan fingerprint density at radius 3 is 2.43 bits per heavy atom. The second kappa shape index (κ2) is 9.15. The van der Waals surface area contributed by atoms with Crippen molar-refractivity contribution in [1.29, 1.82) is 0 Å². The van der Waals surface area contributed by atoms with Gasteiger partial charge < -0.3 is 14.8 Å². The van der Waals surface area contributed by atoms with Gasteiger partial charge in [-0.25, -0.2) is 8.42 Å². The van der Waals surface area contributed by atoms with Crippen LogP contribution in [-0.2, 0) is 30.9 Å². The predicted molar refractivity (Wildman–Crippen MR) is 112 cm³/mol. The summed E-state index contributed by atoms with van der Waals surface area (Å²) in [6.45, 7) is 0.226. The lowest BCUT2D eigenvalue weighted by molar-refractivity contribution is -0.146. The molecule has 3 rings (SSSR count). The average Bonchev–Trinajstić information content (AvgIpc) is 3.39. The highest BCUT2D eigenvalue weighted by molar-refractivity contribution is 7.88. The molecule has 1 aromatic carbocycles. The van der Waals surface area contributed by atoms with Crippen LogP contribution in [0.15, 0.2) is 41.8 Å². The minimum Gasteiger partial charge on any atom is -0.497 e. The summed E-state index contributed by atoms with van der Waals surface area (Å²) in [5.74, 6) is -1.05. The standard InChI is InChI=1S/C20H24N2O6S2/c1-27-14-8-6-13(7-9-14)12-21-19(23)16-11-15(20(24)28-2)18(17-5-4-10-29-17)22(16)30(3,25)26/h4-10,15-16,18H,11-12H2,1-3H3,(H,21,23). The largest absolute Gasteiger partial charge is 0.497 e.